The summed E-state index contributed by atoms with van der Waals surface area (Å²) in [6.45, 7) is 6.34. The van der Waals surface area contributed by atoms with E-state index >= 15 is 0 Å². The minimum absolute atomic E-state index is 0.153. The van der Waals surface area contributed by atoms with Crippen molar-refractivity contribution >= 4 is 16.9 Å². The first-order valence-corrected chi connectivity index (χ1v) is 7.59. The smallest absolute Gasteiger partial charge is 0.253 e. The molecule has 3 aromatic heterocycles. The van der Waals surface area contributed by atoms with E-state index in [4.69, 9.17) is 0 Å². The second kappa shape index (κ2) is 6.16. The first-order valence-electron chi connectivity index (χ1n) is 7.59. The average molecular weight is 309 g/mol. The van der Waals surface area contributed by atoms with E-state index < -0.39 is 0 Å². The largest absolute Gasteiger partial charge is 0.346 e. The number of hydrogen-bond donors (Lipinski definition) is 1. The maximum Gasteiger partial charge on any atom is 0.253 e. The zero-order valence-corrected chi connectivity index (χ0v) is 13.4. The summed E-state index contributed by atoms with van der Waals surface area (Å²) in [6, 6.07) is 7.69. The molecule has 118 valence electrons. The highest BCUT2D eigenvalue weighted by Gasteiger charge is 2.15. The Labute approximate surface area is 134 Å². The summed E-state index contributed by atoms with van der Waals surface area (Å²) in [4.78, 5) is 21.2. The van der Waals surface area contributed by atoms with Crippen molar-refractivity contribution in [1.82, 2.24) is 25.1 Å². The zero-order valence-electron chi connectivity index (χ0n) is 13.4. The van der Waals surface area contributed by atoms with Crippen LogP contribution >= 0.6 is 0 Å². The third-order valence-corrected chi connectivity index (χ3v) is 3.65. The third-order valence-electron chi connectivity index (χ3n) is 3.65. The van der Waals surface area contributed by atoms with Crippen LogP contribution in [0.15, 0.2) is 36.7 Å². The van der Waals surface area contributed by atoms with Gasteiger partial charge in [-0.1, -0.05) is 6.07 Å². The molecule has 0 radical (unpaired) electrons. The van der Waals surface area contributed by atoms with Crippen molar-refractivity contribution in [2.24, 2.45) is 0 Å². The number of amides is 1. The molecule has 6 heteroatoms. The van der Waals surface area contributed by atoms with Gasteiger partial charge < -0.3 is 5.32 Å². The van der Waals surface area contributed by atoms with Crippen LogP contribution in [0.25, 0.3) is 11.0 Å². The van der Waals surface area contributed by atoms with Crippen molar-refractivity contribution in [1.29, 1.82) is 0 Å². The van der Waals surface area contributed by atoms with Gasteiger partial charge >= 0.3 is 0 Å². The van der Waals surface area contributed by atoms with Gasteiger partial charge in [-0.3, -0.25) is 9.78 Å². The Morgan fingerprint density at radius 2 is 2.17 bits per heavy atom. The Kier molecular flexibility index (Phi) is 4.06. The number of carbonyl (C=O) groups is 1. The van der Waals surface area contributed by atoms with Crippen LogP contribution in [0, 0.1) is 6.92 Å². The normalized spacial score (nSPS) is 11.1. The van der Waals surface area contributed by atoms with Crippen LogP contribution in [-0.4, -0.2) is 25.7 Å². The van der Waals surface area contributed by atoms with Crippen molar-refractivity contribution in [3.8, 4) is 0 Å². The Morgan fingerprint density at radius 3 is 2.87 bits per heavy atom. The van der Waals surface area contributed by atoms with E-state index in [2.05, 4.69) is 34.2 Å². The molecule has 0 unspecified atom stereocenters. The fourth-order valence-electron chi connectivity index (χ4n) is 2.44. The lowest BCUT2D eigenvalue weighted by molar-refractivity contribution is 0.0949. The summed E-state index contributed by atoms with van der Waals surface area (Å²) >= 11 is 0. The van der Waals surface area contributed by atoms with E-state index in [0.717, 1.165) is 16.7 Å². The fraction of sp³-hybridized carbons (Fsp3) is 0.294. The van der Waals surface area contributed by atoms with Crippen molar-refractivity contribution in [3.05, 3.63) is 53.6 Å². The van der Waals surface area contributed by atoms with Gasteiger partial charge in [0.1, 0.15) is 0 Å². The number of nitrogens with zero attached hydrogens (tertiary/aromatic N) is 4. The summed E-state index contributed by atoms with van der Waals surface area (Å²) in [6.07, 6.45) is 3.46. The number of pyridine rings is 2. The summed E-state index contributed by atoms with van der Waals surface area (Å²) in [5.74, 6) is -0.153. The molecule has 0 bridgehead atoms. The molecule has 0 aliphatic carbocycles. The molecule has 0 spiro atoms. The van der Waals surface area contributed by atoms with E-state index in [1.165, 1.54) is 0 Å². The van der Waals surface area contributed by atoms with Gasteiger partial charge in [-0.2, -0.15) is 5.10 Å². The van der Waals surface area contributed by atoms with Crippen molar-refractivity contribution < 1.29 is 4.79 Å². The van der Waals surface area contributed by atoms with Gasteiger partial charge in [0.05, 0.1) is 29.7 Å². The van der Waals surface area contributed by atoms with Crippen LogP contribution < -0.4 is 5.32 Å². The molecule has 3 rings (SSSR count). The Balaban J connectivity index is 1.84. The molecule has 0 saturated carbocycles. The Hall–Kier alpha value is -2.76. The molecule has 0 aliphatic heterocycles. The van der Waals surface area contributed by atoms with Gasteiger partial charge in [-0.05, 0) is 39.0 Å². The lowest BCUT2D eigenvalue weighted by atomic mass is 10.1. The number of aryl methyl sites for hydroxylation is 1. The molecule has 0 saturated heterocycles. The monoisotopic (exact) mass is 309 g/mol. The number of fused-ring (bicyclic) bond motifs is 1. The number of aromatic nitrogens is 4. The van der Waals surface area contributed by atoms with Crippen LogP contribution in [-0.2, 0) is 6.54 Å². The highest BCUT2D eigenvalue weighted by Crippen LogP contribution is 2.19. The molecule has 0 aliphatic rings. The second-order valence-corrected chi connectivity index (χ2v) is 5.72. The molecule has 0 aromatic carbocycles. The molecule has 3 heterocycles. The van der Waals surface area contributed by atoms with Crippen LogP contribution in [0.2, 0.25) is 0 Å². The van der Waals surface area contributed by atoms with Gasteiger partial charge in [0.25, 0.3) is 5.91 Å². The highest BCUT2D eigenvalue weighted by atomic mass is 16.1. The van der Waals surface area contributed by atoms with E-state index in [9.17, 15) is 4.79 Å². The number of carbonyl (C=O) groups excluding carboxylic acids is 1. The predicted octanol–water partition coefficient (Wildman–Crippen LogP) is 2.65. The SMILES string of the molecule is Cc1nc2c(cnn2C(C)C)cc1C(=O)NCc1ccccn1. The molecule has 3 aromatic rings. The minimum atomic E-state index is -0.153. The third kappa shape index (κ3) is 3.06. The Bertz CT molecular complexity index is 839. The number of nitrogens with one attached hydrogen (secondary N) is 1. The van der Waals surface area contributed by atoms with Crippen molar-refractivity contribution in [2.45, 2.75) is 33.4 Å². The summed E-state index contributed by atoms with van der Waals surface area (Å²) < 4.78 is 1.86. The Morgan fingerprint density at radius 1 is 1.35 bits per heavy atom. The van der Waals surface area contributed by atoms with Crippen LogP contribution in [0.4, 0.5) is 0 Å². The van der Waals surface area contributed by atoms with Gasteiger partial charge in [0.2, 0.25) is 0 Å². The quantitative estimate of drug-likeness (QED) is 0.804. The standard InChI is InChI=1S/C17H19N5O/c1-11(2)22-16-13(9-20-22)8-15(12(3)21-16)17(23)19-10-14-6-4-5-7-18-14/h4-9,11H,10H2,1-3H3,(H,19,23). The lowest BCUT2D eigenvalue weighted by Gasteiger charge is -2.09. The average Bonchev–Trinajstić information content (AvgIpc) is 2.95. The lowest BCUT2D eigenvalue weighted by Crippen LogP contribution is -2.24. The predicted molar refractivity (Wildman–Crippen MR) is 88.1 cm³/mol. The summed E-state index contributed by atoms with van der Waals surface area (Å²) in [7, 11) is 0. The molecule has 6 nitrogen and oxygen atoms in total. The minimum Gasteiger partial charge on any atom is -0.346 e. The van der Waals surface area contributed by atoms with E-state index in [1.54, 1.807) is 12.4 Å². The molecular weight excluding hydrogens is 290 g/mol. The van der Waals surface area contributed by atoms with Gasteiger partial charge in [-0.15, -0.1) is 0 Å². The number of hydrogen-bond acceptors (Lipinski definition) is 4. The van der Waals surface area contributed by atoms with E-state index in [0.29, 0.717) is 17.8 Å². The van der Waals surface area contributed by atoms with Crippen LogP contribution in [0.5, 0.6) is 0 Å². The second-order valence-electron chi connectivity index (χ2n) is 5.72. The van der Waals surface area contributed by atoms with E-state index in [1.807, 2.05) is 35.9 Å². The van der Waals surface area contributed by atoms with Crippen LogP contribution in [0.3, 0.4) is 0 Å². The molecule has 0 fully saturated rings. The fourth-order valence-corrected chi connectivity index (χ4v) is 2.44. The first-order chi connectivity index (χ1) is 11.1. The zero-order chi connectivity index (χ0) is 16.4. The van der Waals surface area contributed by atoms with Gasteiger partial charge in [-0.25, -0.2) is 9.67 Å². The molecule has 1 N–H and O–H groups in total. The first kappa shape index (κ1) is 15.1. The van der Waals surface area contributed by atoms with Gasteiger partial charge in [0, 0.05) is 17.6 Å². The van der Waals surface area contributed by atoms with E-state index in [-0.39, 0.29) is 11.9 Å². The van der Waals surface area contributed by atoms with Gasteiger partial charge in [0.15, 0.2) is 5.65 Å². The highest BCUT2D eigenvalue weighted by molar-refractivity contribution is 5.98. The van der Waals surface area contributed by atoms with Crippen molar-refractivity contribution in [3.63, 3.8) is 0 Å². The summed E-state index contributed by atoms with van der Waals surface area (Å²) in [5.41, 5.74) is 2.88. The van der Waals surface area contributed by atoms with Crippen molar-refractivity contribution in [2.75, 3.05) is 0 Å². The summed E-state index contributed by atoms with van der Waals surface area (Å²) in [5, 5.41) is 8.09. The molecule has 0 atom stereocenters. The molecular formula is C17H19N5O. The van der Waals surface area contributed by atoms with Crippen LogP contribution in [0.1, 0.15) is 41.6 Å². The molecule has 1 amide bonds. The maximum atomic E-state index is 12.4. The number of rotatable bonds is 4. The maximum absolute atomic E-state index is 12.4. The molecule has 23 heavy (non-hydrogen) atoms. The topological polar surface area (TPSA) is 72.7 Å².